The van der Waals surface area contributed by atoms with Crippen LogP contribution in [0.4, 0.5) is 22.0 Å². The van der Waals surface area contributed by atoms with Crippen molar-refractivity contribution in [3.8, 4) is 5.75 Å². The van der Waals surface area contributed by atoms with Crippen molar-refractivity contribution in [3.05, 3.63) is 29.3 Å². The first-order chi connectivity index (χ1) is 11.6. The summed E-state index contributed by atoms with van der Waals surface area (Å²) in [6.07, 6.45) is -0.880. The Hall–Kier alpha value is -1.42. The zero-order valence-corrected chi connectivity index (χ0v) is 13.7. The summed E-state index contributed by atoms with van der Waals surface area (Å²) in [4.78, 5) is 0. The van der Waals surface area contributed by atoms with Crippen LogP contribution in [0.3, 0.4) is 0 Å². The van der Waals surface area contributed by atoms with Gasteiger partial charge in [-0.15, -0.1) is 0 Å². The number of hydrogen-bond donors (Lipinski definition) is 0. The van der Waals surface area contributed by atoms with E-state index in [0.717, 1.165) is 12.1 Å². The molecule has 3 atom stereocenters. The minimum absolute atomic E-state index is 0.0447. The van der Waals surface area contributed by atoms with Crippen molar-refractivity contribution < 1.29 is 39.8 Å². The second-order valence-electron chi connectivity index (χ2n) is 6.10. The highest BCUT2D eigenvalue weighted by molar-refractivity contribution is 7.92. The highest BCUT2D eigenvalue weighted by atomic mass is 32.2. The van der Waals surface area contributed by atoms with Gasteiger partial charge in [0, 0.05) is 24.0 Å². The Labute approximate surface area is 140 Å². The molecule has 0 aliphatic carbocycles. The lowest BCUT2D eigenvalue weighted by atomic mass is 9.76. The van der Waals surface area contributed by atoms with Crippen LogP contribution < -0.4 is 4.74 Å². The summed E-state index contributed by atoms with van der Waals surface area (Å²) in [7, 11) is -5.27. The number of ether oxygens (including phenoxy) is 2. The number of halogens is 5. The Morgan fingerprint density at radius 3 is 2.52 bits per heavy atom. The molecular formula is C15H15F5O4S. The van der Waals surface area contributed by atoms with Gasteiger partial charge in [0.15, 0.2) is 11.6 Å². The first-order valence-corrected chi connectivity index (χ1v) is 9.28. The molecule has 1 unspecified atom stereocenters. The Morgan fingerprint density at radius 1 is 1.16 bits per heavy atom. The maximum absolute atomic E-state index is 14.1. The van der Waals surface area contributed by atoms with Crippen LogP contribution in [0.25, 0.3) is 0 Å². The first kappa shape index (κ1) is 18.4. The fraction of sp³-hybridized carbons (Fsp3) is 0.600. The molecular weight excluding hydrogens is 371 g/mol. The fourth-order valence-electron chi connectivity index (χ4n) is 3.43. The van der Waals surface area contributed by atoms with E-state index in [1.54, 1.807) is 0 Å². The zero-order valence-electron chi connectivity index (χ0n) is 12.9. The van der Waals surface area contributed by atoms with Crippen LogP contribution in [0.15, 0.2) is 12.1 Å². The van der Waals surface area contributed by atoms with Gasteiger partial charge in [-0.3, -0.25) is 0 Å². The summed E-state index contributed by atoms with van der Waals surface area (Å²) in [5.74, 6) is -3.71. The maximum Gasteiger partial charge on any atom is 0.497 e. The Morgan fingerprint density at radius 2 is 1.84 bits per heavy atom. The second-order valence-corrected chi connectivity index (χ2v) is 8.21. The number of benzene rings is 1. The molecule has 0 radical (unpaired) electrons. The van der Waals surface area contributed by atoms with Crippen molar-refractivity contribution in [1.82, 2.24) is 0 Å². The smallest absolute Gasteiger partial charge is 0.490 e. The van der Waals surface area contributed by atoms with Crippen LogP contribution in [0.5, 0.6) is 5.75 Å². The van der Waals surface area contributed by atoms with Crippen molar-refractivity contribution >= 4 is 9.84 Å². The van der Waals surface area contributed by atoms with Crippen molar-refractivity contribution in [2.45, 2.75) is 30.4 Å². The monoisotopic (exact) mass is 386 g/mol. The minimum Gasteiger partial charge on any atom is -0.490 e. The van der Waals surface area contributed by atoms with E-state index < -0.39 is 57.1 Å². The zero-order chi connectivity index (χ0) is 18.4. The highest BCUT2D eigenvalue weighted by Gasteiger charge is 2.47. The topological polar surface area (TPSA) is 52.6 Å². The molecule has 2 aliphatic heterocycles. The lowest BCUT2D eigenvalue weighted by molar-refractivity contribution is -0.0631. The number of alkyl halides is 3. The molecule has 0 saturated carbocycles. The molecule has 1 fully saturated rings. The Bertz CT molecular complexity index is 762. The summed E-state index contributed by atoms with van der Waals surface area (Å²) < 4.78 is 98.5. The van der Waals surface area contributed by atoms with Gasteiger partial charge in [0.25, 0.3) is 0 Å². The van der Waals surface area contributed by atoms with Gasteiger partial charge >= 0.3 is 5.51 Å². The largest absolute Gasteiger partial charge is 0.497 e. The molecule has 0 amide bonds. The number of rotatable bonds is 3. The summed E-state index contributed by atoms with van der Waals surface area (Å²) in [6.45, 7) is 0.0437. The van der Waals surface area contributed by atoms with Crippen molar-refractivity contribution in [2.24, 2.45) is 5.92 Å². The predicted molar refractivity (Wildman–Crippen MR) is 76.9 cm³/mol. The van der Waals surface area contributed by atoms with Gasteiger partial charge in [-0.25, -0.2) is 17.2 Å². The lowest BCUT2D eigenvalue weighted by Gasteiger charge is -2.42. The molecule has 3 rings (SSSR count). The van der Waals surface area contributed by atoms with Gasteiger partial charge in [0.1, 0.15) is 5.82 Å². The summed E-state index contributed by atoms with van der Waals surface area (Å²) in [6, 6.07) is 1.92. The van der Waals surface area contributed by atoms with Crippen LogP contribution in [-0.2, 0) is 14.6 Å². The van der Waals surface area contributed by atoms with Crippen LogP contribution in [0.2, 0.25) is 0 Å². The highest BCUT2D eigenvalue weighted by Crippen LogP contribution is 2.46. The van der Waals surface area contributed by atoms with Gasteiger partial charge in [0.05, 0.1) is 18.5 Å². The predicted octanol–water partition coefficient (Wildman–Crippen LogP) is 3.17. The van der Waals surface area contributed by atoms with Crippen LogP contribution in [-0.4, -0.2) is 39.0 Å². The molecule has 1 aromatic rings. The third-order valence-corrected chi connectivity index (χ3v) is 6.14. The van der Waals surface area contributed by atoms with Gasteiger partial charge in [0.2, 0.25) is 9.84 Å². The Balaban J connectivity index is 1.81. The first-order valence-electron chi connectivity index (χ1n) is 7.63. The molecule has 0 N–H and O–H groups in total. The van der Waals surface area contributed by atoms with Gasteiger partial charge in [-0.2, -0.15) is 13.2 Å². The summed E-state index contributed by atoms with van der Waals surface area (Å²) in [5, 5.41) is 0. The average Bonchev–Trinajstić information content (AvgIpc) is 2.54. The van der Waals surface area contributed by atoms with Crippen molar-refractivity contribution in [2.75, 3.05) is 19.0 Å². The minimum atomic E-state index is -5.33. The Kier molecular flexibility index (Phi) is 4.69. The molecule has 2 heterocycles. The molecule has 10 heteroatoms. The third kappa shape index (κ3) is 3.33. The lowest BCUT2D eigenvalue weighted by Crippen LogP contribution is -2.43. The van der Waals surface area contributed by atoms with Crippen LogP contribution >= 0.6 is 0 Å². The van der Waals surface area contributed by atoms with Crippen molar-refractivity contribution in [1.29, 1.82) is 0 Å². The molecule has 2 aliphatic rings. The van der Waals surface area contributed by atoms with E-state index in [2.05, 4.69) is 0 Å². The molecule has 25 heavy (non-hydrogen) atoms. The molecule has 4 nitrogen and oxygen atoms in total. The summed E-state index contributed by atoms with van der Waals surface area (Å²) in [5.41, 5.74) is -5.28. The number of hydrogen-bond acceptors (Lipinski definition) is 4. The summed E-state index contributed by atoms with van der Waals surface area (Å²) >= 11 is 0. The van der Waals surface area contributed by atoms with Gasteiger partial charge < -0.3 is 9.47 Å². The molecule has 0 aromatic heterocycles. The quantitative estimate of drug-likeness (QED) is 0.749. The molecule has 0 bridgehead atoms. The third-order valence-electron chi connectivity index (χ3n) is 4.66. The maximum atomic E-state index is 14.1. The van der Waals surface area contributed by atoms with E-state index in [4.69, 9.17) is 9.47 Å². The van der Waals surface area contributed by atoms with Gasteiger partial charge in [-0.1, -0.05) is 0 Å². The van der Waals surface area contributed by atoms with Gasteiger partial charge in [-0.05, 0) is 25.0 Å². The van der Waals surface area contributed by atoms with E-state index in [0.29, 0.717) is 6.42 Å². The molecule has 1 saturated heterocycles. The molecule has 140 valence electrons. The molecule has 1 aromatic carbocycles. The number of sulfone groups is 1. The van der Waals surface area contributed by atoms with E-state index in [1.165, 1.54) is 0 Å². The normalized spacial score (nSPS) is 26.5. The molecule has 0 spiro atoms. The van der Waals surface area contributed by atoms with Crippen LogP contribution in [0.1, 0.15) is 24.3 Å². The van der Waals surface area contributed by atoms with Crippen molar-refractivity contribution in [3.63, 3.8) is 0 Å². The van der Waals surface area contributed by atoms with E-state index >= 15 is 0 Å². The SMILES string of the molecule is O=S(=O)(CC[C@@H]1OCCC2c3c(F)ccc(F)c3OC[C@H]21)C(F)(F)F. The number of fused-ring (bicyclic) bond motifs is 3. The van der Waals surface area contributed by atoms with E-state index in [1.807, 2.05) is 0 Å². The average molecular weight is 386 g/mol. The second kappa shape index (κ2) is 6.39. The van der Waals surface area contributed by atoms with E-state index in [-0.39, 0.29) is 24.5 Å². The van der Waals surface area contributed by atoms with E-state index in [9.17, 15) is 30.4 Å². The fourth-order valence-corrected chi connectivity index (χ4v) is 4.20. The van der Waals surface area contributed by atoms with Crippen LogP contribution in [0, 0.1) is 17.6 Å². The standard InChI is InChI=1S/C15H15F5O4S/c16-10-1-2-11(17)14-13(10)8-3-5-23-12(9(8)7-24-14)4-6-25(21,22)15(18,19)20/h1-2,8-9,12H,3-7H2/t8?,9-,12+/m1/s1.